The molecule has 0 heterocycles. The second kappa shape index (κ2) is 6.82. The molecule has 5 heteroatoms. The molecule has 1 unspecified atom stereocenters. The summed E-state index contributed by atoms with van der Waals surface area (Å²) in [5.74, 6) is 4.87. The Kier molecular flexibility index (Phi) is 6.48. The number of likely N-dealkylation sites (N-methyl/N-ethyl adjacent to an activating group) is 1. The Labute approximate surface area is 79.2 Å². The molecule has 0 saturated heterocycles. The summed E-state index contributed by atoms with van der Waals surface area (Å²) in [4.78, 5) is 13.3. The van der Waals surface area contributed by atoms with Crippen LogP contribution in [0.15, 0.2) is 0 Å². The van der Waals surface area contributed by atoms with E-state index in [1.807, 2.05) is 18.7 Å². The minimum Gasteiger partial charge on any atom is -0.383 e. The van der Waals surface area contributed by atoms with Crippen molar-refractivity contribution in [3.05, 3.63) is 0 Å². The van der Waals surface area contributed by atoms with Crippen LogP contribution in [0, 0.1) is 0 Å². The Bertz CT molecular complexity index is 148. The van der Waals surface area contributed by atoms with Crippen molar-refractivity contribution in [2.75, 3.05) is 26.8 Å². The summed E-state index contributed by atoms with van der Waals surface area (Å²) in [7, 11) is 1.57. The molecule has 0 aliphatic rings. The van der Waals surface area contributed by atoms with Crippen LogP contribution in [0.3, 0.4) is 0 Å². The molecule has 0 fully saturated rings. The molecular weight excluding hydrogens is 170 g/mol. The van der Waals surface area contributed by atoms with Gasteiger partial charge in [0, 0.05) is 7.11 Å². The average molecular weight is 189 g/mol. The molecule has 0 aromatic heterocycles. The molecule has 13 heavy (non-hydrogen) atoms. The third kappa shape index (κ3) is 3.71. The zero-order chi connectivity index (χ0) is 10.3. The van der Waals surface area contributed by atoms with Crippen molar-refractivity contribution >= 4 is 5.91 Å². The second-order valence-corrected chi connectivity index (χ2v) is 2.70. The van der Waals surface area contributed by atoms with Crippen molar-refractivity contribution in [2.45, 2.75) is 19.9 Å². The number of methoxy groups -OCH3 is 1. The molecule has 1 amide bonds. The smallest absolute Gasteiger partial charge is 0.253 e. The van der Waals surface area contributed by atoms with Gasteiger partial charge in [0.1, 0.15) is 6.04 Å². The lowest BCUT2D eigenvalue weighted by Crippen LogP contribution is -2.51. The van der Waals surface area contributed by atoms with E-state index in [2.05, 4.69) is 5.43 Å². The van der Waals surface area contributed by atoms with Gasteiger partial charge in [0.25, 0.3) is 5.91 Å². The molecule has 0 bridgehead atoms. The van der Waals surface area contributed by atoms with Crippen molar-refractivity contribution < 1.29 is 9.53 Å². The number of nitrogens with zero attached hydrogens (tertiary/aromatic N) is 1. The molecule has 0 radical (unpaired) electrons. The van der Waals surface area contributed by atoms with Crippen LogP contribution in [0.25, 0.3) is 0 Å². The zero-order valence-electron chi connectivity index (χ0n) is 8.54. The largest absolute Gasteiger partial charge is 0.383 e. The number of ether oxygens (including phenoxy) is 1. The van der Waals surface area contributed by atoms with Crippen LogP contribution in [0.4, 0.5) is 0 Å². The van der Waals surface area contributed by atoms with Crippen LogP contribution >= 0.6 is 0 Å². The fraction of sp³-hybridized carbons (Fsp3) is 0.875. The van der Waals surface area contributed by atoms with Gasteiger partial charge in [0.15, 0.2) is 0 Å². The van der Waals surface area contributed by atoms with Crippen molar-refractivity contribution in [2.24, 2.45) is 5.84 Å². The van der Waals surface area contributed by atoms with Crippen molar-refractivity contribution in [1.82, 2.24) is 10.3 Å². The molecule has 1 atom stereocenters. The standard InChI is InChI=1S/C8H19N3O2/c1-4-11(5-2)7(6-13-3)8(12)10-9/h7H,4-6,9H2,1-3H3,(H,10,12). The molecule has 0 aromatic carbocycles. The summed E-state index contributed by atoms with van der Waals surface area (Å²) in [5, 5.41) is 0. The number of hydrazine groups is 1. The monoisotopic (exact) mass is 189 g/mol. The lowest BCUT2D eigenvalue weighted by Gasteiger charge is -2.27. The highest BCUT2D eigenvalue weighted by Gasteiger charge is 2.22. The van der Waals surface area contributed by atoms with Gasteiger partial charge in [-0.15, -0.1) is 0 Å². The number of amides is 1. The fourth-order valence-corrected chi connectivity index (χ4v) is 1.27. The minimum absolute atomic E-state index is 0.203. The van der Waals surface area contributed by atoms with Gasteiger partial charge in [-0.25, -0.2) is 5.84 Å². The topological polar surface area (TPSA) is 67.6 Å². The molecular formula is C8H19N3O2. The van der Waals surface area contributed by atoms with Crippen LogP contribution in [0.5, 0.6) is 0 Å². The normalized spacial score (nSPS) is 13.0. The Morgan fingerprint density at radius 1 is 1.54 bits per heavy atom. The molecule has 0 aliphatic heterocycles. The lowest BCUT2D eigenvalue weighted by atomic mass is 10.2. The predicted molar refractivity (Wildman–Crippen MR) is 50.9 cm³/mol. The van der Waals surface area contributed by atoms with Crippen molar-refractivity contribution in [3.8, 4) is 0 Å². The van der Waals surface area contributed by atoms with Crippen LogP contribution in [0.1, 0.15) is 13.8 Å². The van der Waals surface area contributed by atoms with Crippen LogP contribution < -0.4 is 11.3 Å². The van der Waals surface area contributed by atoms with E-state index >= 15 is 0 Å². The maximum Gasteiger partial charge on any atom is 0.253 e. The quantitative estimate of drug-likeness (QED) is 0.330. The number of nitrogens with one attached hydrogen (secondary N) is 1. The summed E-state index contributed by atoms with van der Waals surface area (Å²) >= 11 is 0. The molecule has 5 nitrogen and oxygen atoms in total. The maximum absolute atomic E-state index is 11.3. The summed E-state index contributed by atoms with van der Waals surface area (Å²) < 4.78 is 4.95. The number of hydrogen-bond acceptors (Lipinski definition) is 4. The van der Waals surface area contributed by atoms with E-state index in [1.165, 1.54) is 0 Å². The van der Waals surface area contributed by atoms with Crippen LogP contribution in [-0.4, -0.2) is 43.7 Å². The first-order chi connectivity index (χ1) is 6.21. The maximum atomic E-state index is 11.3. The van der Waals surface area contributed by atoms with Gasteiger partial charge < -0.3 is 4.74 Å². The summed E-state index contributed by atoms with van der Waals surface area (Å²) in [6.07, 6.45) is 0. The van der Waals surface area contributed by atoms with Crippen LogP contribution in [-0.2, 0) is 9.53 Å². The van der Waals surface area contributed by atoms with Crippen molar-refractivity contribution in [1.29, 1.82) is 0 Å². The van der Waals surface area contributed by atoms with Gasteiger partial charge in [-0.3, -0.25) is 15.1 Å². The average Bonchev–Trinajstić information content (AvgIpc) is 2.17. The van der Waals surface area contributed by atoms with Gasteiger partial charge in [0.2, 0.25) is 0 Å². The Morgan fingerprint density at radius 3 is 2.38 bits per heavy atom. The predicted octanol–water partition coefficient (Wildman–Crippen LogP) is -0.667. The minimum atomic E-state index is -0.287. The molecule has 0 rings (SSSR count). The zero-order valence-corrected chi connectivity index (χ0v) is 8.54. The molecule has 0 aliphatic carbocycles. The fourth-order valence-electron chi connectivity index (χ4n) is 1.27. The Hall–Kier alpha value is -0.650. The first-order valence-corrected chi connectivity index (χ1v) is 4.44. The number of rotatable bonds is 6. The van der Waals surface area contributed by atoms with E-state index in [0.29, 0.717) is 6.61 Å². The van der Waals surface area contributed by atoms with Crippen molar-refractivity contribution in [3.63, 3.8) is 0 Å². The van der Waals surface area contributed by atoms with Gasteiger partial charge in [-0.05, 0) is 13.1 Å². The summed E-state index contributed by atoms with van der Waals surface area (Å²) in [6.45, 7) is 5.96. The molecule has 0 spiro atoms. The van der Waals surface area contributed by atoms with E-state index in [4.69, 9.17) is 10.6 Å². The molecule has 3 N–H and O–H groups in total. The highest BCUT2D eigenvalue weighted by Crippen LogP contribution is 1.99. The molecule has 0 saturated carbocycles. The highest BCUT2D eigenvalue weighted by molar-refractivity contribution is 5.81. The summed E-state index contributed by atoms with van der Waals surface area (Å²) in [6, 6.07) is -0.287. The SMILES string of the molecule is CCN(CC)C(COC)C(=O)NN. The van der Waals surface area contributed by atoms with Crippen LogP contribution in [0.2, 0.25) is 0 Å². The number of nitrogens with two attached hydrogens (primary N) is 1. The highest BCUT2D eigenvalue weighted by atomic mass is 16.5. The Morgan fingerprint density at radius 2 is 2.08 bits per heavy atom. The van der Waals surface area contributed by atoms with E-state index in [0.717, 1.165) is 13.1 Å². The molecule has 78 valence electrons. The first kappa shape index (κ1) is 12.3. The van der Waals surface area contributed by atoms with Gasteiger partial charge in [0.05, 0.1) is 6.61 Å². The van der Waals surface area contributed by atoms with E-state index in [1.54, 1.807) is 7.11 Å². The van der Waals surface area contributed by atoms with E-state index in [-0.39, 0.29) is 11.9 Å². The van der Waals surface area contributed by atoms with Gasteiger partial charge >= 0.3 is 0 Å². The number of carbonyl (C=O) groups is 1. The van der Waals surface area contributed by atoms with Gasteiger partial charge in [-0.2, -0.15) is 0 Å². The second-order valence-electron chi connectivity index (χ2n) is 2.70. The Balaban J connectivity index is 4.28. The van der Waals surface area contributed by atoms with Gasteiger partial charge in [-0.1, -0.05) is 13.8 Å². The molecule has 0 aromatic rings. The third-order valence-electron chi connectivity index (χ3n) is 2.02. The number of carbonyl (C=O) groups excluding carboxylic acids is 1. The van der Waals surface area contributed by atoms with E-state index < -0.39 is 0 Å². The number of hydrogen-bond donors (Lipinski definition) is 2. The summed E-state index contributed by atoms with van der Waals surface area (Å²) in [5.41, 5.74) is 2.14. The van der Waals surface area contributed by atoms with E-state index in [9.17, 15) is 4.79 Å². The first-order valence-electron chi connectivity index (χ1n) is 4.44. The third-order valence-corrected chi connectivity index (χ3v) is 2.02. The lowest BCUT2D eigenvalue weighted by molar-refractivity contribution is -0.128.